The number of carboxylic acid groups (broad SMARTS) is 1. The van der Waals surface area contributed by atoms with Gasteiger partial charge in [-0.1, -0.05) is 42.5 Å². The summed E-state index contributed by atoms with van der Waals surface area (Å²) in [5, 5.41) is 11.9. The molecule has 0 aliphatic rings. The van der Waals surface area contributed by atoms with E-state index in [1.165, 1.54) is 12.1 Å². The SMILES string of the molecule is CCOC(Cc1ccc(OCCN(CCCOc2ccccc2)C(=O)Nc2ccccc2F)cc1)C(=O)O. The van der Waals surface area contributed by atoms with Gasteiger partial charge < -0.3 is 29.5 Å². The number of rotatable bonds is 15. The molecule has 2 amide bonds. The number of hydrogen-bond donors (Lipinski definition) is 2. The van der Waals surface area contributed by atoms with E-state index in [-0.39, 0.29) is 25.3 Å². The van der Waals surface area contributed by atoms with Crippen molar-refractivity contribution < 1.29 is 33.3 Å². The highest BCUT2D eigenvalue weighted by atomic mass is 19.1. The Bertz CT molecular complexity index is 1140. The summed E-state index contributed by atoms with van der Waals surface area (Å²) in [6, 6.07) is 22.0. The van der Waals surface area contributed by atoms with Crippen LogP contribution in [0.1, 0.15) is 18.9 Å². The summed E-state index contributed by atoms with van der Waals surface area (Å²) in [7, 11) is 0. The third-order valence-corrected chi connectivity index (χ3v) is 5.60. The number of carboxylic acids is 1. The Balaban J connectivity index is 1.54. The average molecular weight is 525 g/mol. The number of anilines is 1. The summed E-state index contributed by atoms with van der Waals surface area (Å²) in [6.45, 7) is 3.33. The number of para-hydroxylation sites is 2. The molecule has 0 bridgehead atoms. The van der Waals surface area contributed by atoms with Gasteiger partial charge in [-0.2, -0.15) is 0 Å². The molecule has 0 aliphatic heterocycles. The van der Waals surface area contributed by atoms with Crippen LogP contribution < -0.4 is 14.8 Å². The van der Waals surface area contributed by atoms with Crippen LogP contribution in [-0.2, 0) is 16.0 Å². The van der Waals surface area contributed by atoms with Gasteiger partial charge in [0.2, 0.25) is 0 Å². The smallest absolute Gasteiger partial charge is 0.333 e. The fraction of sp³-hybridized carbons (Fsp3) is 0.310. The number of hydrogen-bond acceptors (Lipinski definition) is 5. The van der Waals surface area contributed by atoms with Crippen LogP contribution in [0.4, 0.5) is 14.9 Å². The molecule has 1 unspecified atom stereocenters. The van der Waals surface area contributed by atoms with E-state index in [2.05, 4.69) is 5.32 Å². The first kappa shape index (κ1) is 28.5. The van der Waals surface area contributed by atoms with Gasteiger partial charge in [-0.25, -0.2) is 14.0 Å². The number of halogens is 1. The van der Waals surface area contributed by atoms with Gasteiger partial charge in [0.25, 0.3) is 0 Å². The van der Waals surface area contributed by atoms with Gasteiger partial charge in [0.1, 0.15) is 23.9 Å². The number of ether oxygens (including phenoxy) is 3. The number of carbonyl (C=O) groups excluding carboxylic acids is 1. The Morgan fingerprint density at radius 1 is 0.895 bits per heavy atom. The molecule has 0 radical (unpaired) electrons. The van der Waals surface area contributed by atoms with Crippen molar-refractivity contribution in [3.8, 4) is 11.5 Å². The lowest BCUT2D eigenvalue weighted by Crippen LogP contribution is -2.39. The highest BCUT2D eigenvalue weighted by Gasteiger charge is 2.18. The first-order chi connectivity index (χ1) is 18.5. The Morgan fingerprint density at radius 3 is 2.24 bits per heavy atom. The van der Waals surface area contributed by atoms with E-state index in [9.17, 15) is 19.1 Å². The Kier molecular flexibility index (Phi) is 11.4. The summed E-state index contributed by atoms with van der Waals surface area (Å²) in [5.41, 5.74) is 0.911. The minimum atomic E-state index is -1.00. The zero-order valence-corrected chi connectivity index (χ0v) is 21.3. The number of urea groups is 1. The minimum Gasteiger partial charge on any atom is -0.494 e. The van der Waals surface area contributed by atoms with Gasteiger partial charge in [0, 0.05) is 19.6 Å². The van der Waals surface area contributed by atoms with Crippen molar-refractivity contribution >= 4 is 17.7 Å². The zero-order valence-electron chi connectivity index (χ0n) is 21.3. The number of nitrogens with zero attached hydrogens (tertiary/aromatic N) is 1. The van der Waals surface area contributed by atoms with Crippen molar-refractivity contribution in [1.82, 2.24) is 4.90 Å². The third kappa shape index (κ3) is 9.40. The molecule has 3 aromatic carbocycles. The van der Waals surface area contributed by atoms with Gasteiger partial charge in [-0.3, -0.25) is 0 Å². The molecule has 9 heteroatoms. The van der Waals surface area contributed by atoms with Crippen LogP contribution in [0.25, 0.3) is 0 Å². The maximum atomic E-state index is 14.1. The van der Waals surface area contributed by atoms with Crippen molar-refractivity contribution in [1.29, 1.82) is 0 Å². The molecule has 1 atom stereocenters. The van der Waals surface area contributed by atoms with Crippen molar-refractivity contribution in [2.75, 3.05) is 38.2 Å². The summed E-state index contributed by atoms with van der Waals surface area (Å²) < 4.78 is 30.9. The Labute approximate surface area is 221 Å². The van der Waals surface area contributed by atoms with Crippen molar-refractivity contribution in [3.63, 3.8) is 0 Å². The van der Waals surface area contributed by atoms with E-state index in [0.717, 1.165) is 11.3 Å². The number of carbonyl (C=O) groups is 2. The van der Waals surface area contributed by atoms with Gasteiger partial charge in [-0.15, -0.1) is 0 Å². The summed E-state index contributed by atoms with van der Waals surface area (Å²) in [4.78, 5) is 25.8. The second kappa shape index (κ2) is 15.2. The highest BCUT2D eigenvalue weighted by molar-refractivity contribution is 5.89. The molecule has 0 fully saturated rings. The Morgan fingerprint density at radius 2 is 1.55 bits per heavy atom. The van der Waals surface area contributed by atoms with Crippen molar-refractivity contribution in [2.45, 2.75) is 25.9 Å². The molecule has 3 rings (SSSR count). The molecule has 0 saturated heterocycles. The van der Waals surface area contributed by atoms with E-state index in [1.807, 2.05) is 30.3 Å². The average Bonchev–Trinajstić information content (AvgIpc) is 2.92. The van der Waals surface area contributed by atoms with E-state index in [1.54, 1.807) is 48.2 Å². The summed E-state index contributed by atoms with van der Waals surface area (Å²) >= 11 is 0. The first-order valence-corrected chi connectivity index (χ1v) is 12.5. The molecule has 2 N–H and O–H groups in total. The predicted molar refractivity (Wildman–Crippen MR) is 142 cm³/mol. The maximum absolute atomic E-state index is 14.1. The third-order valence-electron chi connectivity index (χ3n) is 5.60. The monoisotopic (exact) mass is 524 g/mol. The Hall–Kier alpha value is -4.11. The largest absolute Gasteiger partial charge is 0.494 e. The molecule has 0 saturated carbocycles. The van der Waals surface area contributed by atoms with E-state index in [0.29, 0.717) is 31.9 Å². The van der Waals surface area contributed by atoms with Crippen LogP contribution in [0.5, 0.6) is 11.5 Å². The quantitative estimate of drug-likeness (QED) is 0.264. The summed E-state index contributed by atoms with van der Waals surface area (Å²) in [6.07, 6.45) is -0.0867. The molecule has 0 heterocycles. The van der Waals surface area contributed by atoms with Crippen LogP contribution >= 0.6 is 0 Å². The first-order valence-electron chi connectivity index (χ1n) is 12.5. The second-order valence-electron chi connectivity index (χ2n) is 8.39. The topological polar surface area (TPSA) is 97.3 Å². The molecule has 8 nitrogen and oxygen atoms in total. The zero-order chi connectivity index (χ0) is 27.2. The van der Waals surface area contributed by atoms with Crippen LogP contribution in [0.15, 0.2) is 78.9 Å². The maximum Gasteiger partial charge on any atom is 0.333 e. The standard InChI is InChI=1S/C29H33FN2O6/c1-2-36-27(28(33)34)21-22-13-15-24(16-14-22)38-20-18-32(17-8-19-37-23-9-4-3-5-10-23)29(35)31-26-12-7-6-11-25(26)30/h3-7,9-16,27H,2,8,17-21H2,1H3,(H,31,35)(H,33,34). The normalized spacial score (nSPS) is 11.4. The highest BCUT2D eigenvalue weighted by Crippen LogP contribution is 2.16. The molecule has 202 valence electrons. The number of aliphatic carboxylic acids is 1. The predicted octanol–water partition coefficient (Wildman–Crippen LogP) is 5.24. The number of nitrogens with one attached hydrogen (secondary N) is 1. The van der Waals surface area contributed by atoms with Crippen LogP contribution in [0.3, 0.4) is 0 Å². The van der Waals surface area contributed by atoms with Crippen LogP contribution in [0, 0.1) is 5.82 Å². The number of benzene rings is 3. The molecule has 3 aromatic rings. The lowest BCUT2D eigenvalue weighted by atomic mass is 10.1. The van der Waals surface area contributed by atoms with E-state index in [4.69, 9.17) is 14.2 Å². The van der Waals surface area contributed by atoms with Crippen molar-refractivity contribution in [3.05, 3.63) is 90.2 Å². The fourth-order valence-electron chi connectivity index (χ4n) is 3.66. The van der Waals surface area contributed by atoms with E-state index >= 15 is 0 Å². The molecule has 0 aromatic heterocycles. The van der Waals surface area contributed by atoms with Gasteiger partial charge in [-0.05, 0) is 55.3 Å². The lowest BCUT2D eigenvalue weighted by molar-refractivity contribution is -0.149. The van der Waals surface area contributed by atoms with Gasteiger partial charge in [0.05, 0.1) is 18.8 Å². The van der Waals surface area contributed by atoms with Gasteiger partial charge >= 0.3 is 12.0 Å². The summed E-state index contributed by atoms with van der Waals surface area (Å²) in [5.74, 6) is -0.189. The lowest BCUT2D eigenvalue weighted by Gasteiger charge is -2.23. The molecular weight excluding hydrogens is 491 g/mol. The van der Waals surface area contributed by atoms with Crippen molar-refractivity contribution in [2.24, 2.45) is 0 Å². The molecule has 0 spiro atoms. The molecule has 38 heavy (non-hydrogen) atoms. The minimum absolute atomic E-state index is 0.103. The van der Waals surface area contributed by atoms with Crippen LogP contribution in [-0.4, -0.2) is 61.0 Å². The van der Waals surface area contributed by atoms with E-state index < -0.39 is 23.9 Å². The fourth-order valence-corrected chi connectivity index (χ4v) is 3.66. The van der Waals surface area contributed by atoms with Gasteiger partial charge in [0.15, 0.2) is 6.10 Å². The second-order valence-corrected chi connectivity index (χ2v) is 8.39. The molecular formula is C29H33FN2O6. The van der Waals surface area contributed by atoms with Crippen LogP contribution in [0.2, 0.25) is 0 Å². The number of amides is 2. The molecule has 0 aliphatic carbocycles.